The number of carbonyl (C=O) groups excluding carboxylic acids is 1. The molecule has 0 aromatic heterocycles. The molecule has 3 heteroatoms. The van der Waals surface area contributed by atoms with Crippen molar-refractivity contribution in [2.45, 2.75) is 51.0 Å². The van der Waals surface area contributed by atoms with Crippen molar-refractivity contribution < 1.29 is 4.79 Å². The molecule has 4 fully saturated rings. The van der Waals surface area contributed by atoms with E-state index in [1.165, 1.54) is 44.9 Å². The third kappa shape index (κ3) is 1.93. The molecule has 7 atom stereocenters. The lowest BCUT2D eigenvalue weighted by atomic mass is 9.84. The van der Waals surface area contributed by atoms with Crippen molar-refractivity contribution in [2.75, 3.05) is 6.54 Å². The zero-order chi connectivity index (χ0) is 13.0. The fourth-order valence-corrected chi connectivity index (χ4v) is 5.70. The Hall–Kier alpha value is -0.570. The SMILES string of the molecule is NC1C2CCC(C2)C1C(=O)NCC1CC2CCC1C2. The molecule has 4 rings (SSSR count). The number of hydrogen-bond donors (Lipinski definition) is 2. The Morgan fingerprint density at radius 3 is 2.42 bits per heavy atom. The number of carbonyl (C=O) groups is 1. The summed E-state index contributed by atoms with van der Waals surface area (Å²) in [7, 11) is 0. The molecule has 4 saturated carbocycles. The molecule has 4 bridgehead atoms. The molecule has 19 heavy (non-hydrogen) atoms. The van der Waals surface area contributed by atoms with Crippen LogP contribution >= 0.6 is 0 Å². The van der Waals surface area contributed by atoms with Gasteiger partial charge in [0, 0.05) is 12.6 Å². The lowest BCUT2D eigenvalue weighted by molar-refractivity contribution is -0.127. The standard InChI is InChI=1S/C16H26N2O/c17-15-12-4-3-11(7-12)14(15)16(19)18-8-13-6-9-1-2-10(13)5-9/h9-15H,1-8,17H2,(H,18,19). The molecule has 0 saturated heterocycles. The maximum atomic E-state index is 12.4. The first kappa shape index (κ1) is 12.2. The first-order valence-electron chi connectivity index (χ1n) is 8.25. The summed E-state index contributed by atoms with van der Waals surface area (Å²) in [6.45, 7) is 0.917. The van der Waals surface area contributed by atoms with Crippen LogP contribution in [0.3, 0.4) is 0 Å². The van der Waals surface area contributed by atoms with Gasteiger partial charge in [0.1, 0.15) is 0 Å². The maximum absolute atomic E-state index is 12.4. The Morgan fingerprint density at radius 1 is 1.00 bits per heavy atom. The number of nitrogens with one attached hydrogen (secondary N) is 1. The second kappa shape index (κ2) is 4.47. The second-order valence-electron chi connectivity index (χ2n) is 7.62. The Balaban J connectivity index is 1.32. The molecule has 0 aliphatic heterocycles. The zero-order valence-corrected chi connectivity index (χ0v) is 11.7. The molecule has 1 amide bonds. The predicted octanol–water partition coefficient (Wildman–Crippen LogP) is 1.91. The van der Waals surface area contributed by atoms with Crippen molar-refractivity contribution in [3.63, 3.8) is 0 Å². The molecule has 0 aromatic rings. The van der Waals surface area contributed by atoms with Crippen LogP contribution in [0.4, 0.5) is 0 Å². The molecule has 3 N–H and O–H groups in total. The molecule has 7 unspecified atom stereocenters. The Labute approximate surface area is 115 Å². The highest BCUT2D eigenvalue weighted by Crippen LogP contribution is 2.49. The summed E-state index contributed by atoms with van der Waals surface area (Å²) in [5.41, 5.74) is 6.25. The summed E-state index contributed by atoms with van der Waals surface area (Å²) in [5.74, 6) is 4.23. The zero-order valence-electron chi connectivity index (χ0n) is 11.7. The highest BCUT2D eigenvalue weighted by molar-refractivity contribution is 5.80. The molecule has 0 heterocycles. The van der Waals surface area contributed by atoms with Crippen LogP contribution in [0.15, 0.2) is 0 Å². The third-order valence-corrected chi connectivity index (χ3v) is 6.71. The molecule has 0 spiro atoms. The molecule has 0 radical (unpaired) electrons. The van der Waals surface area contributed by atoms with Crippen molar-refractivity contribution in [3.8, 4) is 0 Å². The van der Waals surface area contributed by atoms with Gasteiger partial charge in [-0.15, -0.1) is 0 Å². The van der Waals surface area contributed by atoms with Gasteiger partial charge in [0.2, 0.25) is 5.91 Å². The Kier molecular flexibility index (Phi) is 2.87. The van der Waals surface area contributed by atoms with Crippen LogP contribution in [0, 0.1) is 35.5 Å². The predicted molar refractivity (Wildman–Crippen MR) is 74.2 cm³/mol. The Bertz CT molecular complexity index is 381. The van der Waals surface area contributed by atoms with Gasteiger partial charge in [0.15, 0.2) is 0 Å². The van der Waals surface area contributed by atoms with Crippen molar-refractivity contribution in [2.24, 2.45) is 41.2 Å². The lowest BCUT2D eigenvalue weighted by Crippen LogP contribution is -2.46. The number of amides is 1. The van der Waals surface area contributed by atoms with Gasteiger partial charge in [-0.05, 0) is 68.1 Å². The summed E-state index contributed by atoms with van der Waals surface area (Å²) in [6.07, 6.45) is 9.30. The summed E-state index contributed by atoms with van der Waals surface area (Å²) in [4.78, 5) is 12.4. The lowest BCUT2D eigenvalue weighted by Gasteiger charge is -2.28. The van der Waals surface area contributed by atoms with Gasteiger partial charge in [-0.1, -0.05) is 6.42 Å². The highest BCUT2D eigenvalue weighted by Gasteiger charge is 2.49. The van der Waals surface area contributed by atoms with E-state index < -0.39 is 0 Å². The normalized spacial score (nSPS) is 50.9. The molecule has 4 aliphatic rings. The fraction of sp³-hybridized carbons (Fsp3) is 0.938. The number of rotatable bonds is 3. The van der Waals surface area contributed by atoms with Crippen LogP contribution in [0.2, 0.25) is 0 Å². The average Bonchev–Trinajstić information content (AvgIpc) is 3.15. The van der Waals surface area contributed by atoms with Gasteiger partial charge in [0.25, 0.3) is 0 Å². The maximum Gasteiger partial charge on any atom is 0.224 e. The van der Waals surface area contributed by atoms with Crippen LogP contribution in [-0.4, -0.2) is 18.5 Å². The van der Waals surface area contributed by atoms with Gasteiger partial charge in [-0.25, -0.2) is 0 Å². The summed E-state index contributed by atoms with van der Waals surface area (Å²) in [5, 5.41) is 3.25. The molecular weight excluding hydrogens is 236 g/mol. The largest absolute Gasteiger partial charge is 0.356 e. The molecular formula is C16H26N2O. The first-order valence-corrected chi connectivity index (χ1v) is 8.25. The van der Waals surface area contributed by atoms with E-state index in [1.54, 1.807) is 0 Å². The van der Waals surface area contributed by atoms with E-state index in [9.17, 15) is 4.79 Å². The van der Waals surface area contributed by atoms with E-state index in [4.69, 9.17) is 5.73 Å². The van der Waals surface area contributed by atoms with Crippen molar-refractivity contribution in [1.29, 1.82) is 0 Å². The van der Waals surface area contributed by atoms with Gasteiger partial charge >= 0.3 is 0 Å². The topological polar surface area (TPSA) is 55.1 Å². The van der Waals surface area contributed by atoms with E-state index in [2.05, 4.69) is 5.32 Å². The summed E-state index contributed by atoms with van der Waals surface area (Å²) < 4.78 is 0. The van der Waals surface area contributed by atoms with Crippen LogP contribution in [0.25, 0.3) is 0 Å². The molecule has 4 aliphatic carbocycles. The Morgan fingerprint density at radius 2 is 1.79 bits per heavy atom. The smallest absolute Gasteiger partial charge is 0.224 e. The molecule has 0 aromatic carbocycles. The highest BCUT2D eigenvalue weighted by atomic mass is 16.1. The molecule has 106 valence electrons. The van der Waals surface area contributed by atoms with Gasteiger partial charge < -0.3 is 11.1 Å². The van der Waals surface area contributed by atoms with Crippen LogP contribution < -0.4 is 11.1 Å². The minimum absolute atomic E-state index is 0.123. The van der Waals surface area contributed by atoms with Gasteiger partial charge in [0.05, 0.1) is 5.92 Å². The average molecular weight is 262 g/mol. The van der Waals surface area contributed by atoms with Crippen molar-refractivity contribution in [3.05, 3.63) is 0 Å². The second-order valence-corrected chi connectivity index (χ2v) is 7.62. The fourth-order valence-electron chi connectivity index (χ4n) is 5.70. The summed E-state index contributed by atoms with van der Waals surface area (Å²) in [6, 6.07) is 0.138. The third-order valence-electron chi connectivity index (χ3n) is 6.71. The van der Waals surface area contributed by atoms with E-state index >= 15 is 0 Å². The van der Waals surface area contributed by atoms with E-state index in [1.807, 2.05) is 0 Å². The van der Waals surface area contributed by atoms with Gasteiger partial charge in [-0.3, -0.25) is 4.79 Å². The van der Waals surface area contributed by atoms with Crippen LogP contribution in [0.5, 0.6) is 0 Å². The van der Waals surface area contributed by atoms with Crippen LogP contribution in [-0.2, 0) is 4.79 Å². The molecule has 3 nitrogen and oxygen atoms in total. The van der Waals surface area contributed by atoms with Crippen LogP contribution in [0.1, 0.15) is 44.9 Å². The number of fused-ring (bicyclic) bond motifs is 4. The summed E-state index contributed by atoms with van der Waals surface area (Å²) >= 11 is 0. The van der Waals surface area contributed by atoms with E-state index in [0.717, 1.165) is 24.3 Å². The first-order chi connectivity index (χ1) is 9.22. The van der Waals surface area contributed by atoms with Gasteiger partial charge in [-0.2, -0.15) is 0 Å². The minimum atomic E-state index is 0.123. The van der Waals surface area contributed by atoms with Crippen molar-refractivity contribution >= 4 is 5.91 Å². The minimum Gasteiger partial charge on any atom is -0.356 e. The quantitative estimate of drug-likeness (QED) is 0.816. The number of hydrogen-bond acceptors (Lipinski definition) is 2. The van der Waals surface area contributed by atoms with E-state index in [0.29, 0.717) is 11.8 Å². The van der Waals surface area contributed by atoms with E-state index in [-0.39, 0.29) is 17.9 Å². The van der Waals surface area contributed by atoms with Crippen molar-refractivity contribution in [1.82, 2.24) is 5.32 Å². The monoisotopic (exact) mass is 262 g/mol. The number of nitrogens with two attached hydrogens (primary N) is 1.